The molecule has 8 heteroatoms. The lowest BCUT2D eigenvalue weighted by molar-refractivity contribution is 0.0924. The lowest BCUT2D eigenvalue weighted by atomic mass is 10.2. The van der Waals surface area contributed by atoms with E-state index in [9.17, 15) is 4.79 Å². The van der Waals surface area contributed by atoms with Crippen LogP contribution in [0.15, 0.2) is 47.2 Å². The summed E-state index contributed by atoms with van der Waals surface area (Å²) in [6, 6.07) is 8.76. The van der Waals surface area contributed by atoms with E-state index in [1.807, 2.05) is 19.2 Å². The van der Waals surface area contributed by atoms with E-state index in [2.05, 4.69) is 15.6 Å². The van der Waals surface area contributed by atoms with Gasteiger partial charge in [-0.25, -0.2) is 0 Å². The number of aryl methyl sites for hydroxylation is 1. The van der Waals surface area contributed by atoms with Crippen molar-refractivity contribution < 1.29 is 14.1 Å². The Balaban J connectivity index is 1.65. The highest BCUT2D eigenvalue weighted by Gasteiger charge is 2.21. The molecule has 0 saturated carbocycles. The third-order valence-electron chi connectivity index (χ3n) is 3.78. The first kappa shape index (κ1) is 18.0. The molecule has 1 unspecified atom stereocenters. The fraction of sp³-hybridized carbons (Fsp3) is 0.278. The van der Waals surface area contributed by atoms with Crippen molar-refractivity contribution in [2.75, 3.05) is 0 Å². The molecule has 0 bridgehead atoms. The zero-order chi connectivity index (χ0) is 18.5. The molecule has 1 aromatic carbocycles. The summed E-state index contributed by atoms with van der Waals surface area (Å²) in [4.78, 5) is 12.5. The predicted octanol–water partition coefficient (Wildman–Crippen LogP) is 3.23. The summed E-state index contributed by atoms with van der Waals surface area (Å²) >= 11 is 5.95. The molecule has 0 aliphatic heterocycles. The van der Waals surface area contributed by atoms with E-state index in [-0.39, 0.29) is 24.2 Å². The zero-order valence-electron chi connectivity index (χ0n) is 14.5. The number of carbonyl (C=O) groups excluding carboxylic acids is 1. The number of nitrogens with one attached hydrogen (secondary N) is 1. The largest absolute Gasteiger partial charge is 0.489 e. The molecule has 3 aromatic rings. The average molecular weight is 375 g/mol. The Morgan fingerprint density at radius 3 is 3.00 bits per heavy atom. The summed E-state index contributed by atoms with van der Waals surface area (Å²) in [6.45, 7) is 4.36. The Bertz CT molecular complexity index is 876. The fourth-order valence-electron chi connectivity index (χ4n) is 2.48. The second kappa shape index (κ2) is 8.05. The lowest BCUT2D eigenvalue weighted by Gasteiger charge is -2.13. The number of hydrogen-bond acceptors (Lipinski definition) is 5. The summed E-state index contributed by atoms with van der Waals surface area (Å²) < 4.78 is 12.6. The van der Waals surface area contributed by atoms with Crippen LogP contribution in [0.25, 0.3) is 0 Å². The summed E-state index contributed by atoms with van der Waals surface area (Å²) in [6.07, 6.45) is 3.54. The number of halogens is 1. The molecule has 7 nitrogen and oxygen atoms in total. The fourth-order valence-corrected chi connectivity index (χ4v) is 2.66. The molecule has 0 saturated heterocycles. The molecule has 1 N–H and O–H groups in total. The molecule has 0 radical (unpaired) electrons. The van der Waals surface area contributed by atoms with Gasteiger partial charge in [-0.2, -0.15) is 5.10 Å². The highest BCUT2D eigenvalue weighted by Crippen LogP contribution is 2.21. The Labute approximate surface area is 155 Å². The van der Waals surface area contributed by atoms with Crippen molar-refractivity contribution in [1.29, 1.82) is 0 Å². The quantitative estimate of drug-likeness (QED) is 0.686. The van der Waals surface area contributed by atoms with Crippen molar-refractivity contribution in [2.45, 2.75) is 33.0 Å². The standard InChI is InChI=1S/C18H19ClN4O3/c1-12(10-23-8-4-7-20-23)21-18(24)17-16(13(2)26-22-17)11-25-15-6-3-5-14(19)9-15/h3-9,12H,10-11H2,1-2H3,(H,21,24). The number of carbonyl (C=O) groups is 1. The second-order valence-electron chi connectivity index (χ2n) is 5.91. The van der Waals surface area contributed by atoms with Crippen LogP contribution in [-0.4, -0.2) is 26.9 Å². The van der Waals surface area contributed by atoms with Crippen LogP contribution < -0.4 is 10.1 Å². The number of rotatable bonds is 7. The Morgan fingerprint density at radius 2 is 2.27 bits per heavy atom. The van der Waals surface area contributed by atoms with Gasteiger partial charge >= 0.3 is 0 Å². The second-order valence-corrected chi connectivity index (χ2v) is 6.35. The van der Waals surface area contributed by atoms with Gasteiger partial charge in [-0.05, 0) is 38.1 Å². The number of aromatic nitrogens is 3. The highest BCUT2D eigenvalue weighted by molar-refractivity contribution is 6.30. The van der Waals surface area contributed by atoms with E-state index in [4.69, 9.17) is 20.9 Å². The third kappa shape index (κ3) is 4.43. The van der Waals surface area contributed by atoms with Crippen LogP contribution in [0.2, 0.25) is 5.02 Å². The third-order valence-corrected chi connectivity index (χ3v) is 4.01. The van der Waals surface area contributed by atoms with Gasteiger partial charge in [-0.1, -0.05) is 22.8 Å². The van der Waals surface area contributed by atoms with E-state index < -0.39 is 0 Å². The van der Waals surface area contributed by atoms with Gasteiger partial charge in [-0.15, -0.1) is 0 Å². The molecular formula is C18H19ClN4O3. The molecule has 0 fully saturated rings. The first-order chi connectivity index (χ1) is 12.5. The minimum Gasteiger partial charge on any atom is -0.489 e. The van der Waals surface area contributed by atoms with E-state index in [0.29, 0.717) is 28.6 Å². The monoisotopic (exact) mass is 374 g/mol. The Kier molecular flexibility index (Phi) is 5.58. The Morgan fingerprint density at radius 1 is 1.42 bits per heavy atom. The van der Waals surface area contributed by atoms with E-state index in [0.717, 1.165) is 0 Å². The predicted molar refractivity (Wildman–Crippen MR) is 96.2 cm³/mol. The first-order valence-corrected chi connectivity index (χ1v) is 8.52. The average Bonchev–Trinajstić information content (AvgIpc) is 3.22. The topological polar surface area (TPSA) is 82.2 Å². The first-order valence-electron chi connectivity index (χ1n) is 8.14. The summed E-state index contributed by atoms with van der Waals surface area (Å²) in [5.41, 5.74) is 0.825. The molecule has 1 amide bonds. The summed E-state index contributed by atoms with van der Waals surface area (Å²) in [5.74, 6) is 0.833. The van der Waals surface area contributed by atoms with Gasteiger partial charge in [0.2, 0.25) is 0 Å². The molecular weight excluding hydrogens is 356 g/mol. The molecule has 3 rings (SSSR count). The number of amides is 1. The molecule has 0 aliphatic carbocycles. The van der Waals surface area contributed by atoms with Gasteiger partial charge in [0.25, 0.3) is 5.91 Å². The van der Waals surface area contributed by atoms with Crippen molar-refractivity contribution in [3.63, 3.8) is 0 Å². The van der Waals surface area contributed by atoms with Gasteiger partial charge in [0, 0.05) is 23.5 Å². The molecule has 136 valence electrons. The maximum Gasteiger partial charge on any atom is 0.274 e. The van der Waals surface area contributed by atoms with Gasteiger partial charge < -0.3 is 14.6 Å². The van der Waals surface area contributed by atoms with Crippen molar-refractivity contribution in [3.05, 3.63) is 64.8 Å². The van der Waals surface area contributed by atoms with Gasteiger partial charge in [0.15, 0.2) is 5.69 Å². The van der Waals surface area contributed by atoms with Crippen molar-refractivity contribution in [2.24, 2.45) is 0 Å². The molecule has 0 aliphatic rings. The molecule has 2 aromatic heterocycles. The molecule has 1 atom stereocenters. The van der Waals surface area contributed by atoms with Crippen molar-refractivity contribution >= 4 is 17.5 Å². The van der Waals surface area contributed by atoms with Gasteiger partial charge in [0.05, 0.1) is 12.1 Å². The van der Waals surface area contributed by atoms with E-state index in [1.54, 1.807) is 42.1 Å². The van der Waals surface area contributed by atoms with Crippen LogP contribution in [0, 0.1) is 6.92 Å². The van der Waals surface area contributed by atoms with Gasteiger partial charge in [0.1, 0.15) is 18.1 Å². The maximum atomic E-state index is 12.5. The number of benzene rings is 1. The Hall–Kier alpha value is -2.80. The number of hydrogen-bond donors (Lipinski definition) is 1. The zero-order valence-corrected chi connectivity index (χ0v) is 15.2. The molecule has 2 heterocycles. The van der Waals surface area contributed by atoms with Crippen LogP contribution in [0.4, 0.5) is 0 Å². The lowest BCUT2D eigenvalue weighted by Crippen LogP contribution is -2.36. The minimum absolute atomic E-state index is 0.124. The smallest absolute Gasteiger partial charge is 0.274 e. The van der Waals surface area contributed by atoms with E-state index in [1.165, 1.54) is 0 Å². The van der Waals surface area contributed by atoms with Crippen LogP contribution in [0.1, 0.15) is 28.7 Å². The highest BCUT2D eigenvalue weighted by atomic mass is 35.5. The van der Waals surface area contributed by atoms with Crippen LogP contribution in [0.3, 0.4) is 0 Å². The van der Waals surface area contributed by atoms with Crippen LogP contribution in [-0.2, 0) is 13.2 Å². The van der Waals surface area contributed by atoms with Crippen molar-refractivity contribution in [1.82, 2.24) is 20.3 Å². The molecule has 0 spiro atoms. The van der Waals surface area contributed by atoms with Crippen LogP contribution in [0.5, 0.6) is 5.75 Å². The summed E-state index contributed by atoms with van der Waals surface area (Å²) in [5, 5.41) is 11.5. The van der Waals surface area contributed by atoms with E-state index >= 15 is 0 Å². The van der Waals surface area contributed by atoms with Crippen LogP contribution >= 0.6 is 11.6 Å². The van der Waals surface area contributed by atoms with Crippen molar-refractivity contribution in [3.8, 4) is 5.75 Å². The SMILES string of the molecule is Cc1onc(C(=O)NC(C)Cn2cccn2)c1COc1cccc(Cl)c1. The van der Waals surface area contributed by atoms with Gasteiger partial charge in [-0.3, -0.25) is 9.48 Å². The number of nitrogens with zero attached hydrogens (tertiary/aromatic N) is 3. The normalized spacial score (nSPS) is 12.0. The molecule has 26 heavy (non-hydrogen) atoms. The minimum atomic E-state index is -0.314. The summed E-state index contributed by atoms with van der Waals surface area (Å²) in [7, 11) is 0. The maximum absolute atomic E-state index is 12.5. The number of ether oxygens (including phenoxy) is 1.